The number of carbonyl (C=O) groups is 3. The number of carbonyl (C=O) groups excluding carboxylic acids is 3. The largest absolute Gasteiger partial charge is 0.465 e. The van der Waals surface area contributed by atoms with Crippen molar-refractivity contribution in [3.63, 3.8) is 0 Å². The molecule has 0 unspecified atom stereocenters. The Labute approximate surface area is 154 Å². The molecule has 0 saturated carbocycles. The summed E-state index contributed by atoms with van der Waals surface area (Å²) >= 11 is 0. The molecule has 0 aliphatic rings. The molecule has 0 fully saturated rings. The van der Waals surface area contributed by atoms with Crippen molar-refractivity contribution >= 4 is 23.5 Å². The van der Waals surface area contributed by atoms with Crippen LogP contribution in [-0.2, 0) is 16.0 Å². The minimum Gasteiger partial charge on any atom is -0.465 e. The fourth-order valence-electron chi connectivity index (χ4n) is 2.24. The van der Waals surface area contributed by atoms with E-state index in [0.717, 1.165) is 19.2 Å². The third kappa shape index (κ3) is 4.88. The average Bonchev–Trinajstić information content (AvgIpc) is 2.70. The second kappa shape index (κ2) is 8.56. The quantitative estimate of drug-likeness (QED) is 0.467. The standard InChI is InChI=1S/C18H16N2O7/c1-26-17(22)12-5-3-11(4-6-12)10-19-16(21)13-7-14(18(23)27-2)9-15(8-13)20(24)25/h3-9H,10H2,1-2H3,(H,19,21). The van der Waals surface area contributed by atoms with Gasteiger partial charge in [0.15, 0.2) is 0 Å². The molecule has 140 valence electrons. The molecular formula is C18H16N2O7. The highest BCUT2D eigenvalue weighted by molar-refractivity contribution is 5.99. The maximum atomic E-state index is 12.3. The zero-order chi connectivity index (χ0) is 20.0. The molecule has 2 aromatic carbocycles. The van der Waals surface area contributed by atoms with Crippen LogP contribution in [0.3, 0.4) is 0 Å². The molecule has 0 atom stereocenters. The van der Waals surface area contributed by atoms with E-state index in [9.17, 15) is 24.5 Å². The summed E-state index contributed by atoms with van der Waals surface area (Å²) in [5.41, 5.74) is 0.532. The van der Waals surface area contributed by atoms with Gasteiger partial charge in [-0.25, -0.2) is 9.59 Å². The van der Waals surface area contributed by atoms with Crippen LogP contribution in [0, 0.1) is 10.1 Å². The normalized spacial score (nSPS) is 10.0. The van der Waals surface area contributed by atoms with Crippen LogP contribution in [0.15, 0.2) is 42.5 Å². The molecule has 27 heavy (non-hydrogen) atoms. The van der Waals surface area contributed by atoms with Crippen molar-refractivity contribution in [3.05, 3.63) is 74.8 Å². The Hall–Kier alpha value is -3.75. The van der Waals surface area contributed by atoms with Crippen LogP contribution in [-0.4, -0.2) is 37.0 Å². The van der Waals surface area contributed by atoms with Crippen LogP contribution < -0.4 is 5.32 Å². The van der Waals surface area contributed by atoms with Gasteiger partial charge in [-0.1, -0.05) is 12.1 Å². The first-order valence-corrected chi connectivity index (χ1v) is 7.69. The number of nitro groups is 1. The van der Waals surface area contributed by atoms with Gasteiger partial charge in [0, 0.05) is 24.2 Å². The number of amides is 1. The lowest BCUT2D eigenvalue weighted by molar-refractivity contribution is -0.384. The van der Waals surface area contributed by atoms with Gasteiger partial charge in [0.2, 0.25) is 0 Å². The molecule has 9 heteroatoms. The molecule has 0 aliphatic carbocycles. The van der Waals surface area contributed by atoms with Crippen molar-refractivity contribution in [2.24, 2.45) is 0 Å². The Morgan fingerprint density at radius 3 is 2.04 bits per heavy atom. The van der Waals surface area contributed by atoms with Crippen LogP contribution in [0.5, 0.6) is 0 Å². The second-order valence-electron chi connectivity index (χ2n) is 5.39. The van der Waals surface area contributed by atoms with Gasteiger partial charge in [0.25, 0.3) is 11.6 Å². The highest BCUT2D eigenvalue weighted by atomic mass is 16.6. The number of esters is 2. The summed E-state index contributed by atoms with van der Waals surface area (Å²) < 4.78 is 9.14. The fraction of sp³-hybridized carbons (Fsp3) is 0.167. The number of non-ortho nitro benzene ring substituents is 1. The van der Waals surface area contributed by atoms with E-state index in [-0.39, 0.29) is 17.7 Å². The summed E-state index contributed by atoms with van der Waals surface area (Å²) in [6.07, 6.45) is 0. The Balaban J connectivity index is 2.15. The van der Waals surface area contributed by atoms with Crippen LogP contribution in [0.1, 0.15) is 36.6 Å². The molecule has 0 heterocycles. The number of hydrogen-bond donors (Lipinski definition) is 1. The summed E-state index contributed by atoms with van der Waals surface area (Å²) in [7, 11) is 2.41. The van der Waals surface area contributed by atoms with E-state index in [1.165, 1.54) is 13.2 Å². The molecular weight excluding hydrogens is 356 g/mol. The average molecular weight is 372 g/mol. The summed E-state index contributed by atoms with van der Waals surface area (Å²) in [5.74, 6) is -1.86. The number of benzene rings is 2. The molecule has 0 aliphatic heterocycles. The van der Waals surface area contributed by atoms with E-state index in [0.29, 0.717) is 11.1 Å². The molecule has 0 aromatic heterocycles. The van der Waals surface area contributed by atoms with E-state index in [1.54, 1.807) is 24.3 Å². The lowest BCUT2D eigenvalue weighted by Crippen LogP contribution is -2.23. The van der Waals surface area contributed by atoms with Crippen molar-refractivity contribution in [3.8, 4) is 0 Å². The van der Waals surface area contributed by atoms with Gasteiger partial charge in [0.05, 0.1) is 30.3 Å². The van der Waals surface area contributed by atoms with E-state index in [4.69, 9.17) is 0 Å². The van der Waals surface area contributed by atoms with E-state index in [2.05, 4.69) is 14.8 Å². The predicted octanol–water partition coefficient (Wildman–Crippen LogP) is 2.10. The van der Waals surface area contributed by atoms with Crippen molar-refractivity contribution in [2.75, 3.05) is 14.2 Å². The summed E-state index contributed by atoms with van der Waals surface area (Å²) in [6.45, 7) is 0.122. The monoisotopic (exact) mass is 372 g/mol. The van der Waals surface area contributed by atoms with Gasteiger partial charge in [-0.2, -0.15) is 0 Å². The first-order chi connectivity index (χ1) is 12.8. The third-order valence-corrected chi connectivity index (χ3v) is 3.64. The van der Waals surface area contributed by atoms with Crippen LogP contribution in [0.2, 0.25) is 0 Å². The minimum atomic E-state index is -0.786. The highest BCUT2D eigenvalue weighted by Gasteiger charge is 2.18. The van der Waals surface area contributed by atoms with Crippen LogP contribution in [0.25, 0.3) is 0 Å². The van der Waals surface area contributed by atoms with E-state index >= 15 is 0 Å². The van der Waals surface area contributed by atoms with Gasteiger partial charge >= 0.3 is 11.9 Å². The minimum absolute atomic E-state index is 0.0456. The van der Waals surface area contributed by atoms with Crippen molar-refractivity contribution in [1.29, 1.82) is 0 Å². The number of nitrogens with zero attached hydrogens (tertiary/aromatic N) is 1. The Kier molecular flexibility index (Phi) is 6.21. The van der Waals surface area contributed by atoms with Gasteiger partial charge < -0.3 is 14.8 Å². The molecule has 0 spiro atoms. The lowest BCUT2D eigenvalue weighted by atomic mass is 10.1. The number of rotatable bonds is 6. The first kappa shape index (κ1) is 19.6. The number of nitrogens with one attached hydrogen (secondary N) is 1. The Morgan fingerprint density at radius 1 is 0.926 bits per heavy atom. The van der Waals surface area contributed by atoms with Crippen molar-refractivity contribution in [2.45, 2.75) is 6.54 Å². The number of hydrogen-bond acceptors (Lipinski definition) is 7. The summed E-state index contributed by atoms with van der Waals surface area (Å²) in [5, 5.41) is 13.6. The number of methoxy groups -OCH3 is 2. The van der Waals surface area contributed by atoms with Gasteiger partial charge in [-0.15, -0.1) is 0 Å². The molecule has 2 rings (SSSR count). The summed E-state index contributed by atoms with van der Waals surface area (Å²) in [6, 6.07) is 9.70. The predicted molar refractivity (Wildman–Crippen MR) is 93.4 cm³/mol. The Bertz CT molecular complexity index is 891. The molecule has 1 amide bonds. The molecule has 0 saturated heterocycles. The SMILES string of the molecule is COC(=O)c1ccc(CNC(=O)c2cc(C(=O)OC)cc([N+](=O)[O-])c2)cc1. The van der Waals surface area contributed by atoms with Crippen molar-refractivity contribution in [1.82, 2.24) is 5.32 Å². The maximum absolute atomic E-state index is 12.3. The highest BCUT2D eigenvalue weighted by Crippen LogP contribution is 2.18. The molecule has 2 aromatic rings. The fourth-order valence-corrected chi connectivity index (χ4v) is 2.24. The Morgan fingerprint density at radius 2 is 1.48 bits per heavy atom. The van der Waals surface area contributed by atoms with E-state index < -0.39 is 28.5 Å². The maximum Gasteiger partial charge on any atom is 0.338 e. The van der Waals surface area contributed by atoms with Crippen molar-refractivity contribution < 1.29 is 28.8 Å². The summed E-state index contributed by atoms with van der Waals surface area (Å²) in [4.78, 5) is 45.7. The van der Waals surface area contributed by atoms with Crippen LogP contribution >= 0.6 is 0 Å². The smallest absolute Gasteiger partial charge is 0.338 e. The topological polar surface area (TPSA) is 125 Å². The zero-order valence-electron chi connectivity index (χ0n) is 14.6. The lowest BCUT2D eigenvalue weighted by Gasteiger charge is -2.08. The molecule has 0 bridgehead atoms. The molecule has 9 nitrogen and oxygen atoms in total. The van der Waals surface area contributed by atoms with Gasteiger partial charge in [-0.05, 0) is 23.8 Å². The number of nitro benzene ring substituents is 1. The third-order valence-electron chi connectivity index (χ3n) is 3.64. The number of ether oxygens (including phenoxy) is 2. The van der Waals surface area contributed by atoms with Gasteiger partial charge in [-0.3, -0.25) is 14.9 Å². The zero-order valence-corrected chi connectivity index (χ0v) is 14.6. The van der Waals surface area contributed by atoms with Gasteiger partial charge in [0.1, 0.15) is 0 Å². The van der Waals surface area contributed by atoms with Crippen LogP contribution in [0.4, 0.5) is 5.69 Å². The molecule has 1 N–H and O–H groups in total. The molecule has 0 radical (unpaired) electrons. The first-order valence-electron chi connectivity index (χ1n) is 7.69. The van der Waals surface area contributed by atoms with E-state index in [1.807, 2.05) is 0 Å². The second-order valence-corrected chi connectivity index (χ2v) is 5.39.